The lowest BCUT2D eigenvalue weighted by Crippen LogP contribution is -2.40. The summed E-state index contributed by atoms with van der Waals surface area (Å²) in [7, 11) is -15.8. The molecule has 182 valence electrons. The van der Waals surface area contributed by atoms with Gasteiger partial charge in [-0.3, -0.25) is 4.52 Å². The minimum absolute atomic E-state index is 0.0581. The number of nitrogens with zero attached hydrogens (tertiary/aromatic N) is 3. The van der Waals surface area contributed by atoms with Crippen LogP contribution in [-0.4, -0.2) is 53.3 Å². The molecule has 20 heteroatoms. The van der Waals surface area contributed by atoms with Crippen molar-refractivity contribution >= 4 is 51.9 Å². The van der Waals surface area contributed by atoms with E-state index in [9.17, 15) is 23.7 Å². The number of nitrogens with two attached hydrogens (primary N) is 1. The van der Waals surface area contributed by atoms with Crippen LogP contribution in [0.5, 0.6) is 0 Å². The van der Waals surface area contributed by atoms with Crippen molar-refractivity contribution in [1.82, 2.24) is 14.5 Å². The number of phosphoric acid groups is 3. The summed E-state index contributed by atoms with van der Waals surface area (Å²) in [6.45, 7) is 0. The van der Waals surface area contributed by atoms with E-state index in [0.29, 0.717) is 12.5 Å². The Morgan fingerprint density at radius 2 is 2.00 bits per heavy atom. The maximum Gasteiger partial charge on any atom is 0.490 e. The molecule has 1 aliphatic heterocycles. The predicted molar refractivity (Wildman–Crippen MR) is 109 cm³/mol. The number of halogens is 1. The molecule has 33 heavy (non-hydrogen) atoms. The fourth-order valence-electron chi connectivity index (χ4n) is 2.87. The van der Waals surface area contributed by atoms with Crippen molar-refractivity contribution in [1.29, 1.82) is 0 Å². The highest BCUT2D eigenvalue weighted by atomic mass is 35.5. The first-order valence-corrected chi connectivity index (χ1v) is 13.3. The van der Waals surface area contributed by atoms with Crippen molar-refractivity contribution in [3.8, 4) is 12.3 Å². The van der Waals surface area contributed by atoms with Gasteiger partial charge in [-0.1, -0.05) is 0 Å². The number of ether oxygens (including phenoxy) is 1. The molecule has 0 spiro atoms. The van der Waals surface area contributed by atoms with Gasteiger partial charge in [-0.25, -0.2) is 23.2 Å². The first-order chi connectivity index (χ1) is 15.1. The molecule has 0 radical (unpaired) electrons. The Hall–Kier alpha value is -1.40. The van der Waals surface area contributed by atoms with Crippen molar-refractivity contribution in [3.05, 3.63) is 17.5 Å². The minimum atomic E-state index is -5.71. The van der Waals surface area contributed by atoms with Gasteiger partial charge in [-0.15, -0.1) is 6.42 Å². The molecule has 2 unspecified atom stereocenters. The summed E-state index contributed by atoms with van der Waals surface area (Å²) in [5, 5.41) is 10.7. The van der Waals surface area contributed by atoms with Crippen molar-refractivity contribution in [2.24, 2.45) is 0 Å². The topological polar surface area (TPSA) is 235 Å². The van der Waals surface area contributed by atoms with Crippen molar-refractivity contribution < 1.29 is 55.9 Å². The third-order valence-corrected chi connectivity index (χ3v) is 8.56. The molecule has 6 N–H and O–H groups in total. The Morgan fingerprint density at radius 1 is 1.33 bits per heavy atom. The SMILES string of the molecule is C#C[C@]1(OP(=O)(OC)OP(=O)(O)OP(=O)(O)O)O[C@@H](n2ccc3c(N)nc(Cl)nc32)C[C@@H]1O. The van der Waals surface area contributed by atoms with E-state index in [-0.39, 0.29) is 23.2 Å². The smallest absolute Gasteiger partial charge is 0.386 e. The number of nitrogen functional groups attached to an aromatic ring is 1. The lowest BCUT2D eigenvalue weighted by Gasteiger charge is -2.29. The lowest BCUT2D eigenvalue weighted by molar-refractivity contribution is -0.186. The van der Waals surface area contributed by atoms with Crippen LogP contribution in [0.3, 0.4) is 0 Å². The van der Waals surface area contributed by atoms with Crippen molar-refractivity contribution in [2.75, 3.05) is 12.8 Å². The molecule has 3 rings (SSSR count). The molecule has 1 fully saturated rings. The zero-order chi connectivity index (χ0) is 24.8. The average molecular weight is 549 g/mol. The van der Waals surface area contributed by atoms with E-state index in [2.05, 4.69) is 23.1 Å². The molecule has 1 aliphatic rings. The van der Waals surface area contributed by atoms with Crippen LogP contribution in [0, 0.1) is 12.3 Å². The molecule has 2 aromatic heterocycles. The van der Waals surface area contributed by atoms with E-state index in [1.807, 2.05) is 5.92 Å². The first kappa shape index (κ1) is 26.2. The largest absolute Gasteiger partial charge is 0.490 e. The Morgan fingerprint density at radius 3 is 2.58 bits per heavy atom. The molecular weight excluding hydrogens is 533 g/mol. The van der Waals surface area contributed by atoms with E-state index < -0.39 is 41.6 Å². The molecule has 1 saturated heterocycles. The molecule has 0 bridgehead atoms. The number of rotatable bonds is 8. The summed E-state index contributed by atoms with van der Waals surface area (Å²) >= 11 is 5.83. The molecule has 0 saturated carbocycles. The van der Waals surface area contributed by atoms with Gasteiger partial charge in [0, 0.05) is 19.7 Å². The first-order valence-electron chi connectivity index (χ1n) is 8.43. The predicted octanol–water partition coefficient (Wildman–Crippen LogP) is 1.27. The summed E-state index contributed by atoms with van der Waals surface area (Å²) in [6, 6.07) is 1.53. The van der Waals surface area contributed by atoms with Crippen molar-refractivity contribution in [3.63, 3.8) is 0 Å². The number of aliphatic hydroxyl groups excluding tert-OH is 1. The van der Waals surface area contributed by atoms with Crippen LogP contribution in [0.2, 0.25) is 5.28 Å². The lowest BCUT2D eigenvalue weighted by atomic mass is 10.1. The monoisotopic (exact) mass is 548 g/mol. The molecule has 0 aliphatic carbocycles. The average Bonchev–Trinajstić information content (AvgIpc) is 3.21. The van der Waals surface area contributed by atoms with Crippen LogP contribution in [0.25, 0.3) is 11.0 Å². The molecule has 5 atom stereocenters. The van der Waals surface area contributed by atoms with Gasteiger partial charge >= 0.3 is 23.5 Å². The van der Waals surface area contributed by atoms with Crippen LogP contribution in [-0.2, 0) is 36.1 Å². The number of aromatic nitrogens is 3. The van der Waals surface area contributed by atoms with Gasteiger partial charge in [0.05, 0.1) is 5.39 Å². The Labute approximate surface area is 190 Å². The Balaban J connectivity index is 1.91. The quantitative estimate of drug-likeness (QED) is 0.177. The van der Waals surface area contributed by atoms with Gasteiger partial charge in [0.25, 0.3) is 5.79 Å². The van der Waals surface area contributed by atoms with E-state index in [4.69, 9.17) is 42.8 Å². The number of anilines is 1. The van der Waals surface area contributed by atoms with Gasteiger partial charge in [-0.2, -0.15) is 13.6 Å². The molecule has 3 heterocycles. The van der Waals surface area contributed by atoms with Gasteiger partial charge in [-0.05, 0) is 23.6 Å². The second-order valence-electron chi connectivity index (χ2n) is 6.32. The maximum absolute atomic E-state index is 12.8. The normalized spacial score (nSPS) is 27.2. The van der Waals surface area contributed by atoms with Gasteiger partial charge < -0.3 is 34.8 Å². The highest BCUT2D eigenvalue weighted by Crippen LogP contribution is 2.69. The zero-order valence-corrected chi connectivity index (χ0v) is 19.7. The molecule has 0 amide bonds. The summed E-state index contributed by atoms with van der Waals surface area (Å²) in [4.78, 5) is 34.7. The van der Waals surface area contributed by atoms with Gasteiger partial charge in [0.1, 0.15) is 23.8 Å². The van der Waals surface area contributed by atoms with Gasteiger partial charge in [0.2, 0.25) is 5.28 Å². The summed E-state index contributed by atoms with van der Waals surface area (Å²) in [5.41, 5.74) is 5.99. The number of aliphatic hydroxyl groups is 1. The fourth-order valence-corrected chi connectivity index (χ4v) is 6.54. The standard InChI is InChI=1S/C13H16ClN4O12P3/c1-3-13(28-33(25,26-2)30-32(23,24)29-31(20,21)22)8(19)6-9(27-13)18-5-4-7-10(15)16-12(14)17-11(7)18/h1,4-5,8-9,19H,6H2,2H3,(H,23,24)(H2,15,16,17)(H2,20,21,22)/t8-,9+,13+,33?/m0/s1. The third-order valence-electron chi connectivity index (χ3n) is 4.14. The Bertz CT molecular complexity index is 1260. The van der Waals surface area contributed by atoms with E-state index in [0.717, 1.165) is 0 Å². The second-order valence-corrected chi connectivity index (χ2v) is 11.3. The highest BCUT2D eigenvalue weighted by molar-refractivity contribution is 7.66. The second kappa shape index (κ2) is 8.99. The summed E-state index contributed by atoms with van der Waals surface area (Å²) in [5.74, 6) is -0.589. The Kier molecular flexibility index (Phi) is 7.14. The van der Waals surface area contributed by atoms with Crippen LogP contribution in [0.15, 0.2) is 12.3 Å². The minimum Gasteiger partial charge on any atom is -0.386 e. The maximum atomic E-state index is 12.8. The molecular formula is C13H16ClN4O12P3. The number of terminal acetylenes is 1. The van der Waals surface area contributed by atoms with Crippen molar-refractivity contribution in [2.45, 2.75) is 24.5 Å². The van der Waals surface area contributed by atoms with Crippen LogP contribution in [0.4, 0.5) is 5.82 Å². The number of hydrogen-bond donors (Lipinski definition) is 5. The number of hydrogen-bond acceptors (Lipinski definition) is 12. The van der Waals surface area contributed by atoms with Crippen LogP contribution >= 0.6 is 35.1 Å². The van der Waals surface area contributed by atoms with Crippen LogP contribution in [0.1, 0.15) is 12.6 Å². The number of fused-ring (bicyclic) bond motifs is 1. The molecule has 16 nitrogen and oxygen atoms in total. The van der Waals surface area contributed by atoms with Crippen LogP contribution < -0.4 is 5.73 Å². The molecule has 2 aromatic rings. The zero-order valence-electron chi connectivity index (χ0n) is 16.3. The van der Waals surface area contributed by atoms with E-state index in [1.54, 1.807) is 0 Å². The van der Waals surface area contributed by atoms with Gasteiger partial charge in [0.15, 0.2) is 0 Å². The van der Waals surface area contributed by atoms with E-state index in [1.165, 1.54) is 16.8 Å². The van der Waals surface area contributed by atoms with E-state index >= 15 is 0 Å². The summed E-state index contributed by atoms with van der Waals surface area (Å²) < 4.78 is 59.5. The highest BCUT2D eigenvalue weighted by Gasteiger charge is 2.56. The fraction of sp³-hybridized carbons (Fsp3) is 0.385. The number of phosphoric ester groups is 1. The third kappa shape index (κ3) is 5.64. The summed E-state index contributed by atoms with van der Waals surface area (Å²) in [6.07, 6.45) is 3.75. The molecule has 0 aromatic carbocycles.